The third kappa shape index (κ3) is 6.61. The Kier molecular flexibility index (Phi) is 7.67. The molecule has 2 aromatic carbocycles. The number of halogens is 1. The van der Waals surface area contributed by atoms with E-state index in [1.165, 1.54) is 0 Å². The fourth-order valence-electron chi connectivity index (χ4n) is 2.47. The Balaban J connectivity index is 1.99. The van der Waals surface area contributed by atoms with Crippen molar-refractivity contribution in [1.82, 2.24) is 5.32 Å². The van der Waals surface area contributed by atoms with Gasteiger partial charge in [-0.3, -0.25) is 9.59 Å². The van der Waals surface area contributed by atoms with Gasteiger partial charge in [-0.25, -0.2) is 0 Å². The summed E-state index contributed by atoms with van der Waals surface area (Å²) in [4.78, 5) is 24.2. The molecule has 0 saturated heterocycles. The second-order valence-electron chi connectivity index (χ2n) is 6.48. The summed E-state index contributed by atoms with van der Waals surface area (Å²) in [5, 5.41) is 6.18. The zero-order valence-corrected chi connectivity index (χ0v) is 16.6. The summed E-state index contributed by atoms with van der Waals surface area (Å²) in [6.07, 6.45) is 1.26. The Bertz CT molecular complexity index is 789. The summed E-state index contributed by atoms with van der Waals surface area (Å²) >= 11 is 6.03. The smallest absolute Gasteiger partial charge is 0.255 e. The molecule has 0 unspecified atom stereocenters. The van der Waals surface area contributed by atoms with Crippen molar-refractivity contribution >= 4 is 29.1 Å². The Morgan fingerprint density at radius 3 is 2.44 bits per heavy atom. The first-order valence-corrected chi connectivity index (χ1v) is 9.40. The molecule has 0 saturated carbocycles. The quantitative estimate of drug-likeness (QED) is 0.682. The number of hydrogen-bond donors (Lipinski definition) is 2. The average molecular weight is 389 g/mol. The van der Waals surface area contributed by atoms with Gasteiger partial charge in [-0.1, -0.05) is 30.7 Å². The van der Waals surface area contributed by atoms with Crippen molar-refractivity contribution in [2.24, 2.45) is 0 Å². The number of amides is 2. The molecule has 5 nitrogen and oxygen atoms in total. The van der Waals surface area contributed by atoms with Crippen molar-refractivity contribution < 1.29 is 14.3 Å². The minimum atomic E-state index is -0.256. The number of benzene rings is 2. The van der Waals surface area contributed by atoms with Crippen LogP contribution >= 0.6 is 11.6 Å². The Hall–Kier alpha value is -2.53. The third-order valence-electron chi connectivity index (χ3n) is 3.72. The first kappa shape index (κ1) is 20.8. The van der Waals surface area contributed by atoms with Gasteiger partial charge in [0.15, 0.2) is 0 Å². The normalized spacial score (nSPS) is 10.6. The van der Waals surface area contributed by atoms with Crippen LogP contribution in [0.4, 0.5) is 5.69 Å². The highest BCUT2D eigenvalue weighted by atomic mass is 35.5. The van der Waals surface area contributed by atoms with E-state index in [2.05, 4.69) is 10.6 Å². The van der Waals surface area contributed by atoms with Gasteiger partial charge < -0.3 is 15.4 Å². The fraction of sp³-hybridized carbons (Fsp3) is 0.333. The van der Waals surface area contributed by atoms with E-state index >= 15 is 0 Å². The number of rotatable bonds is 8. The lowest BCUT2D eigenvalue weighted by Gasteiger charge is -2.14. The molecule has 0 bridgehead atoms. The van der Waals surface area contributed by atoms with Crippen LogP contribution in [0.1, 0.15) is 49.5 Å². The summed E-state index contributed by atoms with van der Waals surface area (Å²) < 4.78 is 5.69. The molecule has 144 valence electrons. The number of nitrogens with one attached hydrogen (secondary N) is 2. The Morgan fingerprint density at radius 1 is 1.11 bits per heavy atom. The van der Waals surface area contributed by atoms with E-state index in [-0.39, 0.29) is 17.9 Å². The second-order valence-corrected chi connectivity index (χ2v) is 6.92. The van der Waals surface area contributed by atoms with Crippen molar-refractivity contribution in [2.45, 2.75) is 46.3 Å². The van der Waals surface area contributed by atoms with Crippen molar-refractivity contribution in [2.75, 3.05) is 5.32 Å². The largest absolute Gasteiger partial charge is 0.490 e. The molecular weight excluding hydrogens is 364 g/mol. The topological polar surface area (TPSA) is 67.4 Å². The van der Waals surface area contributed by atoms with Crippen molar-refractivity contribution in [3.8, 4) is 5.75 Å². The van der Waals surface area contributed by atoms with Gasteiger partial charge in [0.05, 0.1) is 11.7 Å². The maximum atomic E-state index is 12.6. The molecule has 0 atom stereocenters. The van der Waals surface area contributed by atoms with Gasteiger partial charge in [0, 0.05) is 23.7 Å². The van der Waals surface area contributed by atoms with Crippen LogP contribution in [-0.2, 0) is 11.3 Å². The Labute approximate surface area is 165 Å². The van der Waals surface area contributed by atoms with E-state index in [0.717, 1.165) is 17.7 Å². The molecule has 2 aromatic rings. The van der Waals surface area contributed by atoms with Crippen LogP contribution in [0.3, 0.4) is 0 Å². The maximum absolute atomic E-state index is 12.6. The van der Waals surface area contributed by atoms with Gasteiger partial charge >= 0.3 is 0 Å². The van der Waals surface area contributed by atoms with Crippen LogP contribution in [-0.4, -0.2) is 17.9 Å². The van der Waals surface area contributed by atoms with Gasteiger partial charge in [0.1, 0.15) is 5.75 Å². The highest BCUT2D eigenvalue weighted by molar-refractivity contribution is 6.31. The molecule has 2 amide bonds. The van der Waals surface area contributed by atoms with Crippen LogP contribution in [0.2, 0.25) is 5.02 Å². The summed E-state index contributed by atoms with van der Waals surface area (Å²) in [6, 6.07) is 12.4. The summed E-state index contributed by atoms with van der Waals surface area (Å²) in [5.74, 6) is 0.242. The van der Waals surface area contributed by atoms with Gasteiger partial charge in [-0.15, -0.1) is 0 Å². The van der Waals surface area contributed by atoms with Crippen LogP contribution in [0.25, 0.3) is 0 Å². The lowest BCUT2D eigenvalue weighted by Crippen LogP contribution is -2.24. The van der Waals surface area contributed by atoms with Crippen molar-refractivity contribution in [1.29, 1.82) is 0 Å². The zero-order valence-electron chi connectivity index (χ0n) is 15.8. The predicted octanol–water partition coefficient (Wildman–Crippen LogP) is 4.80. The van der Waals surface area contributed by atoms with E-state index in [4.69, 9.17) is 16.3 Å². The average Bonchev–Trinajstić information content (AvgIpc) is 2.62. The Morgan fingerprint density at radius 2 is 1.81 bits per heavy atom. The molecular formula is C21H25ClN2O3. The molecule has 2 N–H and O–H groups in total. The monoisotopic (exact) mass is 388 g/mol. The van der Waals surface area contributed by atoms with Gasteiger partial charge in [-0.2, -0.15) is 0 Å². The van der Waals surface area contributed by atoms with Crippen molar-refractivity contribution in [3.63, 3.8) is 0 Å². The zero-order chi connectivity index (χ0) is 19.8. The highest BCUT2D eigenvalue weighted by Crippen LogP contribution is 2.24. The SMILES string of the molecule is CCCC(=O)Nc1ccc(CNC(=O)c2cc(Cl)ccc2OC(C)C)cc1. The summed E-state index contributed by atoms with van der Waals surface area (Å²) in [5.41, 5.74) is 2.07. The maximum Gasteiger partial charge on any atom is 0.255 e. The van der Waals surface area contributed by atoms with Gasteiger partial charge in [0.25, 0.3) is 5.91 Å². The lowest BCUT2D eigenvalue weighted by molar-refractivity contribution is -0.116. The number of ether oxygens (including phenoxy) is 1. The van der Waals surface area contributed by atoms with Gasteiger partial charge in [0.2, 0.25) is 5.91 Å². The molecule has 0 spiro atoms. The lowest BCUT2D eigenvalue weighted by atomic mass is 10.1. The number of carbonyl (C=O) groups is 2. The van der Waals surface area contributed by atoms with Crippen LogP contribution < -0.4 is 15.4 Å². The van der Waals surface area contributed by atoms with E-state index in [1.54, 1.807) is 18.2 Å². The molecule has 0 aliphatic rings. The minimum absolute atomic E-state index is 0.00260. The first-order chi connectivity index (χ1) is 12.9. The number of anilines is 1. The fourth-order valence-corrected chi connectivity index (χ4v) is 2.64. The second kappa shape index (κ2) is 9.97. The highest BCUT2D eigenvalue weighted by Gasteiger charge is 2.14. The van der Waals surface area contributed by atoms with Crippen LogP contribution in [0.15, 0.2) is 42.5 Å². The summed E-state index contributed by atoms with van der Waals surface area (Å²) in [7, 11) is 0. The third-order valence-corrected chi connectivity index (χ3v) is 3.95. The minimum Gasteiger partial charge on any atom is -0.490 e. The molecule has 0 heterocycles. The number of hydrogen-bond acceptors (Lipinski definition) is 3. The van der Waals surface area contributed by atoms with E-state index < -0.39 is 0 Å². The van der Waals surface area contributed by atoms with Crippen molar-refractivity contribution in [3.05, 3.63) is 58.6 Å². The molecule has 0 aliphatic heterocycles. The molecule has 6 heteroatoms. The van der Waals surface area contributed by atoms with Gasteiger partial charge in [-0.05, 0) is 56.2 Å². The number of carbonyl (C=O) groups excluding carboxylic acids is 2. The predicted molar refractivity (Wildman–Crippen MR) is 108 cm³/mol. The van der Waals surface area contributed by atoms with Crippen LogP contribution in [0.5, 0.6) is 5.75 Å². The van der Waals surface area contributed by atoms with E-state index in [9.17, 15) is 9.59 Å². The molecule has 27 heavy (non-hydrogen) atoms. The molecule has 0 aromatic heterocycles. The molecule has 0 radical (unpaired) electrons. The molecule has 0 fully saturated rings. The molecule has 0 aliphatic carbocycles. The van der Waals surface area contributed by atoms with E-state index in [1.807, 2.05) is 45.0 Å². The molecule has 2 rings (SSSR count). The summed E-state index contributed by atoms with van der Waals surface area (Å²) in [6.45, 7) is 6.12. The standard InChI is InChI=1S/C21H25ClN2O3/c1-4-5-20(25)24-17-9-6-15(7-10-17)13-23-21(26)18-12-16(22)8-11-19(18)27-14(2)3/h6-12,14H,4-5,13H2,1-3H3,(H,23,26)(H,24,25). The van der Waals surface area contributed by atoms with Crippen LogP contribution in [0, 0.1) is 0 Å². The van der Waals surface area contributed by atoms with E-state index in [0.29, 0.717) is 29.3 Å². The first-order valence-electron chi connectivity index (χ1n) is 9.02.